The standard InChI is InChI=1S/C21H15N5O/c1-13-3-2-4-18(25-13)16-7-5-14(10-22)9-17(16)15-6-8-20-24-11-19(21(23)27)26(20)12-15/h2-9,11-12H,1H3,(H2,23,27). The van der Waals surface area contributed by atoms with Crippen molar-refractivity contribution in [1.29, 1.82) is 5.26 Å². The van der Waals surface area contributed by atoms with E-state index in [-0.39, 0.29) is 0 Å². The van der Waals surface area contributed by atoms with Crippen molar-refractivity contribution in [3.05, 3.63) is 77.9 Å². The van der Waals surface area contributed by atoms with Gasteiger partial charge in [0.05, 0.1) is 23.5 Å². The lowest BCUT2D eigenvalue weighted by atomic mass is 9.96. The summed E-state index contributed by atoms with van der Waals surface area (Å²) >= 11 is 0. The van der Waals surface area contributed by atoms with E-state index in [9.17, 15) is 10.1 Å². The fourth-order valence-electron chi connectivity index (χ4n) is 3.09. The number of hydrogen-bond donors (Lipinski definition) is 1. The lowest BCUT2D eigenvalue weighted by Crippen LogP contribution is -2.13. The first-order valence-corrected chi connectivity index (χ1v) is 8.32. The van der Waals surface area contributed by atoms with E-state index in [1.807, 2.05) is 49.4 Å². The van der Waals surface area contributed by atoms with Crippen LogP contribution in [0.3, 0.4) is 0 Å². The molecule has 4 rings (SSSR count). The van der Waals surface area contributed by atoms with E-state index in [4.69, 9.17) is 5.73 Å². The molecule has 0 bridgehead atoms. The quantitative estimate of drug-likeness (QED) is 0.611. The molecule has 0 saturated heterocycles. The number of fused-ring (bicyclic) bond motifs is 1. The molecule has 0 radical (unpaired) electrons. The zero-order chi connectivity index (χ0) is 19.0. The average molecular weight is 353 g/mol. The molecule has 1 aromatic carbocycles. The van der Waals surface area contributed by atoms with Gasteiger partial charge >= 0.3 is 0 Å². The first-order chi connectivity index (χ1) is 13.1. The van der Waals surface area contributed by atoms with Crippen molar-refractivity contribution in [2.24, 2.45) is 5.73 Å². The topological polar surface area (TPSA) is 97.1 Å². The van der Waals surface area contributed by atoms with Gasteiger partial charge in [0.1, 0.15) is 11.3 Å². The van der Waals surface area contributed by atoms with Crippen molar-refractivity contribution >= 4 is 11.6 Å². The Morgan fingerprint density at radius 3 is 2.74 bits per heavy atom. The van der Waals surface area contributed by atoms with E-state index in [1.165, 1.54) is 6.20 Å². The maximum Gasteiger partial charge on any atom is 0.267 e. The number of hydrogen-bond acceptors (Lipinski definition) is 4. The van der Waals surface area contributed by atoms with Gasteiger partial charge in [-0.05, 0) is 54.4 Å². The number of aryl methyl sites for hydroxylation is 1. The van der Waals surface area contributed by atoms with Crippen LogP contribution in [0.5, 0.6) is 0 Å². The van der Waals surface area contributed by atoms with Gasteiger partial charge in [0.15, 0.2) is 0 Å². The van der Waals surface area contributed by atoms with Crippen LogP contribution < -0.4 is 5.73 Å². The number of nitriles is 1. The summed E-state index contributed by atoms with van der Waals surface area (Å²) in [5, 5.41) is 9.33. The van der Waals surface area contributed by atoms with E-state index in [0.717, 1.165) is 28.1 Å². The van der Waals surface area contributed by atoms with Crippen LogP contribution in [0.4, 0.5) is 0 Å². The largest absolute Gasteiger partial charge is 0.364 e. The lowest BCUT2D eigenvalue weighted by molar-refractivity contribution is 0.0995. The van der Waals surface area contributed by atoms with Gasteiger partial charge in [-0.1, -0.05) is 12.1 Å². The summed E-state index contributed by atoms with van der Waals surface area (Å²) in [4.78, 5) is 20.5. The zero-order valence-electron chi connectivity index (χ0n) is 14.5. The second-order valence-electron chi connectivity index (χ2n) is 6.19. The first kappa shape index (κ1) is 16.5. The van der Waals surface area contributed by atoms with E-state index in [2.05, 4.69) is 16.0 Å². The average Bonchev–Trinajstić information content (AvgIpc) is 3.11. The fourth-order valence-corrected chi connectivity index (χ4v) is 3.09. The fraction of sp³-hybridized carbons (Fsp3) is 0.0476. The number of carbonyl (C=O) groups is 1. The Morgan fingerprint density at radius 2 is 2.00 bits per heavy atom. The molecule has 1 amide bonds. The van der Waals surface area contributed by atoms with Crippen LogP contribution in [0.15, 0.2) is 60.9 Å². The third-order valence-electron chi connectivity index (χ3n) is 4.38. The highest BCUT2D eigenvalue weighted by molar-refractivity contribution is 5.92. The van der Waals surface area contributed by atoms with Crippen LogP contribution in [0.1, 0.15) is 21.7 Å². The minimum Gasteiger partial charge on any atom is -0.364 e. The van der Waals surface area contributed by atoms with Gasteiger partial charge in [-0.3, -0.25) is 14.2 Å². The van der Waals surface area contributed by atoms with Gasteiger partial charge in [-0.2, -0.15) is 5.26 Å². The van der Waals surface area contributed by atoms with E-state index >= 15 is 0 Å². The molecule has 4 aromatic rings. The lowest BCUT2D eigenvalue weighted by Gasteiger charge is -2.11. The number of aromatic nitrogens is 3. The minimum absolute atomic E-state index is 0.304. The number of nitrogens with two attached hydrogens (primary N) is 1. The van der Waals surface area contributed by atoms with Crippen LogP contribution in [0.2, 0.25) is 0 Å². The molecule has 27 heavy (non-hydrogen) atoms. The summed E-state index contributed by atoms with van der Waals surface area (Å²) in [6.07, 6.45) is 3.26. The second-order valence-corrected chi connectivity index (χ2v) is 6.19. The third kappa shape index (κ3) is 2.92. The summed E-state index contributed by atoms with van der Waals surface area (Å²) in [6.45, 7) is 1.93. The monoisotopic (exact) mass is 353 g/mol. The molecule has 0 atom stereocenters. The van der Waals surface area contributed by atoms with Crippen LogP contribution in [0, 0.1) is 18.3 Å². The molecule has 0 aliphatic rings. The Bertz CT molecular complexity index is 1230. The maximum absolute atomic E-state index is 11.7. The maximum atomic E-state index is 11.7. The SMILES string of the molecule is Cc1cccc(-c2ccc(C#N)cc2-c2ccc3ncc(C(N)=O)n3c2)n1. The number of nitrogens with zero attached hydrogens (tertiary/aromatic N) is 4. The molecule has 2 N–H and O–H groups in total. The van der Waals surface area contributed by atoms with Gasteiger partial charge in [0.2, 0.25) is 0 Å². The number of carbonyl (C=O) groups excluding carboxylic acids is 1. The summed E-state index contributed by atoms with van der Waals surface area (Å²) in [5.41, 5.74) is 11.2. The Balaban J connectivity index is 1.97. The van der Waals surface area contributed by atoms with Crippen LogP contribution >= 0.6 is 0 Å². The van der Waals surface area contributed by atoms with Gasteiger partial charge in [-0.25, -0.2) is 4.98 Å². The Labute approximate surface area is 155 Å². The molecule has 0 unspecified atom stereocenters. The van der Waals surface area contributed by atoms with Crippen molar-refractivity contribution < 1.29 is 4.79 Å². The number of primary amides is 1. The van der Waals surface area contributed by atoms with Crippen molar-refractivity contribution in [3.8, 4) is 28.5 Å². The molecule has 0 spiro atoms. The number of benzene rings is 1. The van der Waals surface area contributed by atoms with E-state index in [0.29, 0.717) is 16.9 Å². The predicted molar refractivity (Wildman–Crippen MR) is 102 cm³/mol. The normalized spacial score (nSPS) is 10.7. The Kier molecular flexibility index (Phi) is 3.90. The van der Waals surface area contributed by atoms with E-state index < -0.39 is 5.91 Å². The van der Waals surface area contributed by atoms with Gasteiger partial charge in [0.25, 0.3) is 5.91 Å². The summed E-state index contributed by atoms with van der Waals surface area (Å²) in [7, 11) is 0. The van der Waals surface area contributed by atoms with Crippen molar-refractivity contribution in [3.63, 3.8) is 0 Å². The number of pyridine rings is 2. The molecule has 0 saturated carbocycles. The highest BCUT2D eigenvalue weighted by atomic mass is 16.1. The van der Waals surface area contributed by atoms with Crippen molar-refractivity contribution in [1.82, 2.24) is 14.4 Å². The molecular weight excluding hydrogens is 338 g/mol. The molecule has 130 valence electrons. The van der Waals surface area contributed by atoms with Gasteiger partial charge < -0.3 is 5.73 Å². The smallest absolute Gasteiger partial charge is 0.267 e. The Hall–Kier alpha value is -3.98. The molecule has 3 aromatic heterocycles. The highest BCUT2D eigenvalue weighted by Gasteiger charge is 2.13. The molecular formula is C21H15N5O. The summed E-state index contributed by atoms with van der Waals surface area (Å²) in [6, 6.07) is 17.2. The Morgan fingerprint density at radius 1 is 1.15 bits per heavy atom. The molecule has 0 fully saturated rings. The summed E-state index contributed by atoms with van der Waals surface area (Å²) < 4.78 is 1.66. The van der Waals surface area contributed by atoms with Crippen molar-refractivity contribution in [2.75, 3.05) is 0 Å². The van der Waals surface area contributed by atoms with Crippen molar-refractivity contribution in [2.45, 2.75) is 6.92 Å². The molecule has 0 aliphatic carbocycles. The first-order valence-electron chi connectivity index (χ1n) is 8.32. The zero-order valence-corrected chi connectivity index (χ0v) is 14.5. The van der Waals surface area contributed by atoms with E-state index in [1.54, 1.807) is 16.7 Å². The number of amides is 1. The van der Waals surface area contributed by atoms with Gasteiger partial charge in [0, 0.05) is 17.5 Å². The minimum atomic E-state index is -0.550. The number of rotatable bonds is 3. The van der Waals surface area contributed by atoms with Gasteiger partial charge in [-0.15, -0.1) is 0 Å². The number of imidazole rings is 1. The molecule has 0 aliphatic heterocycles. The molecule has 6 nitrogen and oxygen atoms in total. The summed E-state index contributed by atoms with van der Waals surface area (Å²) in [5.74, 6) is -0.550. The predicted octanol–water partition coefficient (Wildman–Crippen LogP) is 3.34. The van der Waals surface area contributed by atoms with Crippen LogP contribution in [-0.2, 0) is 0 Å². The molecule has 3 heterocycles. The molecule has 6 heteroatoms. The highest BCUT2D eigenvalue weighted by Crippen LogP contribution is 2.32. The van der Waals surface area contributed by atoms with Crippen LogP contribution in [-0.4, -0.2) is 20.3 Å². The second kappa shape index (κ2) is 6.39. The third-order valence-corrected chi connectivity index (χ3v) is 4.38. The van der Waals surface area contributed by atoms with Crippen LogP contribution in [0.25, 0.3) is 28.0 Å².